The third-order valence-corrected chi connectivity index (χ3v) is 5.82. The van der Waals surface area contributed by atoms with Gasteiger partial charge in [-0.25, -0.2) is 19.3 Å². The summed E-state index contributed by atoms with van der Waals surface area (Å²) in [5.41, 5.74) is 0.504. The average molecular weight is 402 g/mol. The summed E-state index contributed by atoms with van der Waals surface area (Å²) in [6, 6.07) is 0. The van der Waals surface area contributed by atoms with Crippen molar-refractivity contribution in [3.05, 3.63) is 47.6 Å². The number of aromatic nitrogens is 5. The van der Waals surface area contributed by atoms with Gasteiger partial charge in [-0.3, -0.25) is 9.20 Å². The second kappa shape index (κ2) is 6.66. The van der Waals surface area contributed by atoms with Crippen molar-refractivity contribution in [2.75, 3.05) is 24.5 Å². The predicted octanol–water partition coefficient (Wildman–Crippen LogP) is 1.81. The van der Waals surface area contributed by atoms with Crippen LogP contribution in [-0.4, -0.2) is 49.9 Å². The van der Waals surface area contributed by atoms with Gasteiger partial charge in [0.2, 0.25) is 11.1 Å². The van der Waals surface area contributed by atoms with Crippen LogP contribution in [0.25, 0.3) is 5.78 Å². The molecule has 8 nitrogen and oxygen atoms in total. The van der Waals surface area contributed by atoms with Crippen LogP contribution >= 0.6 is 11.6 Å². The molecule has 3 atom stereocenters. The summed E-state index contributed by atoms with van der Waals surface area (Å²) in [5, 5.41) is 3.01. The quantitative estimate of drug-likeness (QED) is 0.656. The van der Waals surface area contributed by atoms with Gasteiger partial charge in [-0.1, -0.05) is 0 Å². The third-order valence-electron chi connectivity index (χ3n) is 5.64. The fourth-order valence-electron chi connectivity index (χ4n) is 4.20. The fourth-order valence-corrected chi connectivity index (χ4v) is 4.33. The number of halogens is 2. The van der Waals surface area contributed by atoms with Crippen LogP contribution < -0.4 is 10.2 Å². The number of hydrogen-bond donors (Lipinski definition) is 1. The molecule has 2 aliphatic rings. The van der Waals surface area contributed by atoms with E-state index in [1.54, 1.807) is 23.0 Å². The Morgan fingerprint density at radius 2 is 2.07 bits per heavy atom. The largest absolute Gasteiger partial charge is 0.353 e. The lowest BCUT2D eigenvalue weighted by Crippen LogP contribution is -2.28. The molecule has 1 N–H and O–H groups in total. The summed E-state index contributed by atoms with van der Waals surface area (Å²) < 4.78 is 15.6. The molecule has 1 aliphatic carbocycles. The van der Waals surface area contributed by atoms with E-state index in [2.05, 4.69) is 25.3 Å². The summed E-state index contributed by atoms with van der Waals surface area (Å²) >= 11 is 5.78. The van der Waals surface area contributed by atoms with E-state index in [0.29, 0.717) is 35.6 Å². The number of hydrogen-bond acceptors (Lipinski definition) is 6. The van der Waals surface area contributed by atoms with Crippen molar-refractivity contribution in [2.45, 2.75) is 6.42 Å². The van der Waals surface area contributed by atoms with Crippen molar-refractivity contribution < 1.29 is 9.18 Å². The summed E-state index contributed by atoms with van der Waals surface area (Å²) in [5.74, 6) is 1.82. The molecule has 1 aliphatic heterocycles. The summed E-state index contributed by atoms with van der Waals surface area (Å²) in [7, 11) is 0. The van der Waals surface area contributed by atoms with Gasteiger partial charge in [0, 0.05) is 44.4 Å². The van der Waals surface area contributed by atoms with E-state index in [-0.39, 0.29) is 17.0 Å². The van der Waals surface area contributed by atoms with Crippen molar-refractivity contribution in [1.29, 1.82) is 0 Å². The Morgan fingerprint density at radius 3 is 2.89 bits per heavy atom. The molecule has 1 amide bonds. The number of amides is 1. The zero-order valence-electron chi connectivity index (χ0n) is 14.8. The molecule has 3 aromatic rings. The molecule has 3 aromatic heterocycles. The lowest BCUT2D eigenvalue weighted by molar-refractivity contribution is 0.0951. The Balaban J connectivity index is 1.12. The molecular weight excluding hydrogens is 385 g/mol. The second-order valence-electron chi connectivity index (χ2n) is 7.23. The molecule has 0 unspecified atom stereocenters. The van der Waals surface area contributed by atoms with E-state index in [4.69, 9.17) is 11.6 Å². The maximum absolute atomic E-state index is 13.9. The highest BCUT2D eigenvalue weighted by molar-refractivity contribution is 6.28. The number of anilines is 1. The lowest BCUT2D eigenvalue weighted by atomic mass is 10.2. The Labute approximate surface area is 164 Å². The number of piperidine rings is 1. The number of fused-ring (bicyclic) bond motifs is 2. The van der Waals surface area contributed by atoms with E-state index in [0.717, 1.165) is 25.7 Å². The first-order valence-electron chi connectivity index (χ1n) is 9.10. The van der Waals surface area contributed by atoms with Crippen LogP contribution in [0.5, 0.6) is 0 Å². The van der Waals surface area contributed by atoms with Crippen molar-refractivity contribution in [3.63, 3.8) is 0 Å². The van der Waals surface area contributed by atoms with E-state index in [1.165, 1.54) is 6.20 Å². The van der Waals surface area contributed by atoms with Crippen LogP contribution in [0, 0.1) is 23.6 Å². The highest BCUT2D eigenvalue weighted by atomic mass is 35.5. The summed E-state index contributed by atoms with van der Waals surface area (Å²) in [6.07, 6.45) is 8.66. The molecule has 1 saturated carbocycles. The van der Waals surface area contributed by atoms with E-state index >= 15 is 0 Å². The van der Waals surface area contributed by atoms with Gasteiger partial charge in [-0.05, 0) is 35.8 Å². The van der Waals surface area contributed by atoms with E-state index in [1.807, 2.05) is 4.90 Å². The normalized spacial score (nSPS) is 23.1. The topological polar surface area (TPSA) is 88.3 Å². The minimum atomic E-state index is -0.446. The maximum atomic E-state index is 13.9. The first-order chi connectivity index (χ1) is 13.6. The van der Waals surface area contributed by atoms with Gasteiger partial charge >= 0.3 is 0 Å². The van der Waals surface area contributed by atoms with Crippen LogP contribution in [0.1, 0.15) is 16.8 Å². The van der Waals surface area contributed by atoms with Gasteiger partial charge in [0.25, 0.3) is 5.91 Å². The monoisotopic (exact) mass is 401 g/mol. The van der Waals surface area contributed by atoms with E-state index < -0.39 is 5.82 Å². The molecular formula is C18H17ClFN7O. The number of carbonyl (C=O) groups excluding carboxylic acids is 1. The van der Waals surface area contributed by atoms with Crippen LogP contribution in [-0.2, 0) is 0 Å². The summed E-state index contributed by atoms with van der Waals surface area (Å²) in [4.78, 5) is 30.1. The third kappa shape index (κ3) is 3.05. The lowest BCUT2D eigenvalue weighted by Gasteiger charge is -2.21. The van der Waals surface area contributed by atoms with Crippen LogP contribution in [0.2, 0.25) is 5.28 Å². The zero-order chi connectivity index (χ0) is 19.3. The van der Waals surface area contributed by atoms with E-state index in [9.17, 15) is 9.18 Å². The Bertz CT molecular complexity index is 1050. The highest BCUT2D eigenvalue weighted by Gasteiger charge is 2.55. The van der Waals surface area contributed by atoms with Gasteiger partial charge in [0.15, 0.2) is 11.6 Å². The molecule has 28 heavy (non-hydrogen) atoms. The number of nitrogens with one attached hydrogen (secondary N) is 1. The standard InChI is InChI=1S/C18H17ClFN7O/c19-17-23-6-14(20)15(25-17)27-8-12-11(13(12)9-27)1-2-21-16(28)10-5-24-18-22-3-4-26(18)7-10/h3-7,11-13H,1-2,8-9H2,(H,21,28)/t11-,12-,13+. The van der Waals surface area contributed by atoms with Crippen molar-refractivity contribution in [3.8, 4) is 0 Å². The molecule has 0 radical (unpaired) electrons. The van der Waals surface area contributed by atoms with Gasteiger partial charge in [-0.15, -0.1) is 0 Å². The molecule has 0 aromatic carbocycles. The zero-order valence-corrected chi connectivity index (χ0v) is 15.6. The predicted molar refractivity (Wildman–Crippen MR) is 99.6 cm³/mol. The summed E-state index contributed by atoms with van der Waals surface area (Å²) in [6.45, 7) is 2.12. The van der Waals surface area contributed by atoms with Gasteiger partial charge in [0.05, 0.1) is 11.8 Å². The Hall–Kier alpha value is -2.81. The fraction of sp³-hybridized carbons (Fsp3) is 0.389. The van der Waals surface area contributed by atoms with Crippen molar-refractivity contribution in [1.82, 2.24) is 29.7 Å². The first kappa shape index (κ1) is 17.3. The molecule has 10 heteroatoms. The highest BCUT2D eigenvalue weighted by Crippen LogP contribution is 2.54. The maximum Gasteiger partial charge on any atom is 0.254 e. The second-order valence-corrected chi connectivity index (χ2v) is 7.57. The van der Waals surface area contributed by atoms with Crippen LogP contribution in [0.4, 0.5) is 10.2 Å². The molecule has 2 fully saturated rings. The average Bonchev–Trinajstić information content (AvgIpc) is 3.08. The Kier molecular flexibility index (Phi) is 4.12. The number of carbonyl (C=O) groups is 1. The number of nitrogens with zero attached hydrogens (tertiary/aromatic N) is 6. The SMILES string of the molecule is O=C(NCC[C@@H]1[C@H]2CN(c3nc(Cl)ncc3F)C[C@@H]12)c1cnc2nccn2c1. The number of imidazole rings is 1. The Morgan fingerprint density at radius 1 is 1.25 bits per heavy atom. The molecule has 5 rings (SSSR count). The minimum Gasteiger partial charge on any atom is -0.353 e. The van der Waals surface area contributed by atoms with Crippen molar-refractivity contribution in [2.24, 2.45) is 17.8 Å². The molecule has 144 valence electrons. The number of rotatable bonds is 5. The molecule has 0 bridgehead atoms. The van der Waals surface area contributed by atoms with Gasteiger partial charge < -0.3 is 10.2 Å². The van der Waals surface area contributed by atoms with Crippen LogP contribution in [0.15, 0.2) is 31.0 Å². The molecule has 4 heterocycles. The molecule has 1 saturated heterocycles. The van der Waals surface area contributed by atoms with Crippen LogP contribution in [0.3, 0.4) is 0 Å². The van der Waals surface area contributed by atoms with Gasteiger partial charge in [-0.2, -0.15) is 4.98 Å². The minimum absolute atomic E-state index is 0.0552. The van der Waals surface area contributed by atoms with Crippen molar-refractivity contribution >= 4 is 29.1 Å². The first-order valence-corrected chi connectivity index (χ1v) is 9.48. The molecule has 0 spiro atoms. The van der Waals surface area contributed by atoms with Gasteiger partial charge in [0.1, 0.15) is 0 Å². The smallest absolute Gasteiger partial charge is 0.254 e.